The summed E-state index contributed by atoms with van der Waals surface area (Å²) in [6, 6.07) is 10.1. The van der Waals surface area contributed by atoms with Crippen molar-refractivity contribution in [1.82, 2.24) is 15.0 Å². The minimum atomic E-state index is -0.272. The summed E-state index contributed by atoms with van der Waals surface area (Å²) in [6.45, 7) is 6.58. The molecular formula is C23H25FN6O2. The summed E-state index contributed by atoms with van der Waals surface area (Å²) in [5.74, 6) is 1.25. The van der Waals surface area contributed by atoms with Crippen molar-refractivity contribution in [1.29, 1.82) is 0 Å². The Labute approximate surface area is 185 Å². The number of hydrogen-bond donors (Lipinski definition) is 2. The highest BCUT2D eigenvalue weighted by atomic mass is 19.1. The summed E-state index contributed by atoms with van der Waals surface area (Å²) in [7, 11) is 0. The molecule has 1 aliphatic rings. The zero-order chi connectivity index (χ0) is 22.7. The lowest BCUT2D eigenvalue weighted by Gasteiger charge is -2.18. The maximum absolute atomic E-state index is 13.3. The van der Waals surface area contributed by atoms with Crippen LogP contribution in [-0.4, -0.2) is 40.1 Å². The number of rotatable bonds is 6. The summed E-state index contributed by atoms with van der Waals surface area (Å²) >= 11 is 0. The first kappa shape index (κ1) is 21.5. The molecule has 166 valence electrons. The van der Waals surface area contributed by atoms with Crippen LogP contribution in [0.2, 0.25) is 0 Å². The maximum Gasteiger partial charge on any atom is 0.232 e. The summed E-state index contributed by atoms with van der Waals surface area (Å²) in [6.07, 6.45) is 2.24. The summed E-state index contributed by atoms with van der Waals surface area (Å²) in [5, 5.41) is 6.02. The van der Waals surface area contributed by atoms with Crippen LogP contribution in [0.25, 0.3) is 0 Å². The largest absolute Gasteiger partial charge is 0.488 e. The van der Waals surface area contributed by atoms with Crippen molar-refractivity contribution in [3.63, 3.8) is 0 Å². The summed E-state index contributed by atoms with van der Waals surface area (Å²) in [5.41, 5.74) is 3.18. The van der Waals surface area contributed by atoms with Gasteiger partial charge in [-0.3, -0.25) is 4.79 Å². The molecule has 2 N–H and O–H groups in total. The zero-order valence-electron chi connectivity index (χ0n) is 18.2. The van der Waals surface area contributed by atoms with E-state index in [1.165, 1.54) is 25.4 Å². The first-order valence-electron chi connectivity index (χ1n) is 10.4. The number of amides is 1. The van der Waals surface area contributed by atoms with Gasteiger partial charge in [0.05, 0.1) is 6.54 Å². The van der Waals surface area contributed by atoms with Crippen LogP contribution in [0.5, 0.6) is 5.75 Å². The number of ether oxygens (including phenoxy) is 1. The maximum atomic E-state index is 13.3. The summed E-state index contributed by atoms with van der Waals surface area (Å²) < 4.78 is 19.4. The van der Waals surface area contributed by atoms with Gasteiger partial charge in [-0.2, -0.15) is 4.98 Å². The van der Waals surface area contributed by atoms with Gasteiger partial charge in [0.25, 0.3) is 0 Å². The van der Waals surface area contributed by atoms with Crippen molar-refractivity contribution >= 4 is 29.2 Å². The van der Waals surface area contributed by atoms with Crippen molar-refractivity contribution in [2.45, 2.75) is 33.3 Å². The number of hydrogen-bond acceptors (Lipinski definition) is 7. The molecule has 0 spiro atoms. The number of nitrogens with zero attached hydrogens (tertiary/aromatic N) is 4. The van der Waals surface area contributed by atoms with E-state index in [4.69, 9.17) is 4.74 Å². The molecule has 3 aromatic rings. The van der Waals surface area contributed by atoms with Gasteiger partial charge in [0.15, 0.2) is 0 Å². The van der Waals surface area contributed by atoms with E-state index in [-0.39, 0.29) is 17.8 Å². The van der Waals surface area contributed by atoms with Crippen molar-refractivity contribution in [2.75, 3.05) is 28.6 Å². The van der Waals surface area contributed by atoms with Crippen LogP contribution < -0.4 is 20.3 Å². The third-order valence-electron chi connectivity index (χ3n) is 5.31. The molecule has 9 heteroatoms. The molecule has 2 aromatic carbocycles. The first-order valence-corrected chi connectivity index (χ1v) is 10.4. The van der Waals surface area contributed by atoms with Gasteiger partial charge in [-0.1, -0.05) is 6.07 Å². The molecule has 1 amide bonds. The number of anilines is 4. The molecule has 8 nitrogen and oxygen atoms in total. The average molecular weight is 436 g/mol. The van der Waals surface area contributed by atoms with Gasteiger partial charge < -0.3 is 20.3 Å². The van der Waals surface area contributed by atoms with Gasteiger partial charge in [0.1, 0.15) is 24.0 Å². The molecule has 1 atom stereocenters. The molecule has 4 rings (SSSR count). The highest BCUT2D eigenvalue weighted by molar-refractivity contribution is 5.90. The quantitative estimate of drug-likeness (QED) is 0.604. The molecule has 1 fully saturated rings. The number of aromatic nitrogens is 3. The van der Waals surface area contributed by atoms with Gasteiger partial charge in [-0.15, -0.1) is 0 Å². The van der Waals surface area contributed by atoms with Crippen LogP contribution in [0.1, 0.15) is 24.5 Å². The lowest BCUT2D eigenvalue weighted by Crippen LogP contribution is -2.26. The highest BCUT2D eigenvalue weighted by Crippen LogP contribution is 2.27. The van der Waals surface area contributed by atoms with E-state index >= 15 is 0 Å². The summed E-state index contributed by atoms with van der Waals surface area (Å²) in [4.78, 5) is 26.5. The third kappa shape index (κ3) is 4.93. The molecule has 0 saturated carbocycles. The number of aryl methyl sites for hydroxylation is 1. The minimum absolute atomic E-state index is 0.0380. The number of halogens is 1. The van der Waals surface area contributed by atoms with E-state index in [1.807, 2.05) is 36.9 Å². The number of carbonyl (C=O) groups excluding carboxylic acids is 1. The monoisotopic (exact) mass is 436 g/mol. The van der Waals surface area contributed by atoms with E-state index in [0.717, 1.165) is 35.5 Å². The molecule has 0 radical (unpaired) electrons. The fourth-order valence-corrected chi connectivity index (χ4v) is 3.65. The number of carbonyl (C=O) groups is 1. The smallest absolute Gasteiger partial charge is 0.232 e. The first-order chi connectivity index (χ1) is 15.4. The molecule has 0 aliphatic carbocycles. The van der Waals surface area contributed by atoms with Crippen LogP contribution in [-0.2, 0) is 4.79 Å². The Kier molecular flexibility index (Phi) is 6.16. The normalized spacial score (nSPS) is 15.5. The number of benzene rings is 2. The molecule has 1 aliphatic heterocycles. The molecule has 0 bridgehead atoms. The average Bonchev–Trinajstić information content (AvgIpc) is 3.22. The van der Waals surface area contributed by atoms with Crippen LogP contribution in [0, 0.1) is 19.7 Å². The Morgan fingerprint density at radius 2 is 2.00 bits per heavy atom. The van der Waals surface area contributed by atoms with E-state index in [2.05, 4.69) is 25.6 Å². The van der Waals surface area contributed by atoms with Crippen LogP contribution >= 0.6 is 0 Å². The van der Waals surface area contributed by atoms with Crippen molar-refractivity contribution in [2.24, 2.45) is 0 Å². The highest BCUT2D eigenvalue weighted by Gasteiger charge is 2.26. The number of nitrogens with one attached hydrogen (secondary N) is 2. The SMILES string of the molecule is CC(=O)Nc1cccc(Nc2ncnc(N3CC[C@H](Oc4ccc(F)cc4C)C3)n2)c1C. The second-order valence-electron chi connectivity index (χ2n) is 7.78. The standard InChI is InChI=1S/C23H25FN6O2/c1-14-11-17(24)7-8-21(14)32-18-9-10-30(12-18)23-26-13-25-22(29-23)28-20-6-4-5-19(15(20)2)27-16(3)31/h4-8,11,13,18H,9-10,12H2,1-3H3,(H,27,31)(H,25,26,28,29)/t18-/m0/s1. The van der Waals surface area contributed by atoms with E-state index < -0.39 is 0 Å². The predicted molar refractivity (Wildman–Crippen MR) is 121 cm³/mol. The van der Waals surface area contributed by atoms with Crippen LogP contribution in [0.4, 0.5) is 27.7 Å². The fraction of sp³-hybridized carbons (Fsp3) is 0.304. The van der Waals surface area contributed by atoms with Crippen LogP contribution in [0.3, 0.4) is 0 Å². The second kappa shape index (κ2) is 9.17. The molecule has 32 heavy (non-hydrogen) atoms. The molecule has 1 aromatic heterocycles. The zero-order valence-corrected chi connectivity index (χ0v) is 18.2. The Hall–Kier alpha value is -3.75. The predicted octanol–water partition coefficient (Wildman–Crippen LogP) is 3.99. The Balaban J connectivity index is 1.44. The van der Waals surface area contributed by atoms with E-state index in [9.17, 15) is 9.18 Å². The molecule has 2 heterocycles. The molecule has 0 unspecified atom stereocenters. The lowest BCUT2D eigenvalue weighted by molar-refractivity contribution is -0.114. The Bertz CT molecular complexity index is 1140. The van der Waals surface area contributed by atoms with Gasteiger partial charge in [-0.25, -0.2) is 14.4 Å². The van der Waals surface area contributed by atoms with Crippen molar-refractivity contribution < 1.29 is 13.9 Å². The topological polar surface area (TPSA) is 92.3 Å². The van der Waals surface area contributed by atoms with Gasteiger partial charge in [0, 0.05) is 31.3 Å². The Morgan fingerprint density at radius 3 is 2.78 bits per heavy atom. The van der Waals surface area contributed by atoms with Gasteiger partial charge >= 0.3 is 0 Å². The van der Waals surface area contributed by atoms with Crippen molar-refractivity contribution in [3.05, 3.63) is 59.7 Å². The molecule has 1 saturated heterocycles. The Morgan fingerprint density at radius 1 is 1.19 bits per heavy atom. The second-order valence-corrected chi connectivity index (χ2v) is 7.78. The van der Waals surface area contributed by atoms with E-state index in [1.54, 1.807) is 6.07 Å². The fourth-order valence-electron chi connectivity index (χ4n) is 3.65. The van der Waals surface area contributed by atoms with Gasteiger partial charge in [0.2, 0.25) is 17.8 Å². The molecular weight excluding hydrogens is 411 g/mol. The van der Waals surface area contributed by atoms with Gasteiger partial charge in [-0.05, 0) is 55.3 Å². The van der Waals surface area contributed by atoms with Crippen molar-refractivity contribution in [3.8, 4) is 5.75 Å². The van der Waals surface area contributed by atoms with E-state index in [0.29, 0.717) is 24.2 Å². The lowest BCUT2D eigenvalue weighted by atomic mass is 10.1. The minimum Gasteiger partial charge on any atom is -0.488 e. The van der Waals surface area contributed by atoms with Crippen LogP contribution in [0.15, 0.2) is 42.7 Å². The third-order valence-corrected chi connectivity index (χ3v) is 5.31.